The van der Waals surface area contributed by atoms with Crippen molar-refractivity contribution < 1.29 is 125 Å². The molecule has 35 heteroatoms. The number of phosphoric ester groups is 6. The summed E-state index contributed by atoms with van der Waals surface area (Å²) in [7, 11) is -30.9. The number of hydrogen-bond donors (Lipinski definition) is 4. The highest BCUT2D eigenvalue weighted by Crippen LogP contribution is 2.44. The Morgan fingerprint density at radius 2 is 0.679 bits per heavy atom. The fraction of sp³-hybridized carbons (Fsp3) is 1.00. The Hall–Kier alpha value is 0.400. The molecule has 4 N–H and O–H groups in total. The monoisotopic (exact) mass is 910 g/mol. The van der Waals surface area contributed by atoms with Crippen molar-refractivity contribution >= 4 is 46.9 Å². The molecule has 0 radical (unpaired) electrons. The van der Waals surface area contributed by atoms with Crippen LogP contribution in [0.4, 0.5) is 8.96 Å². The molecule has 0 aliphatic carbocycles. The second kappa shape index (κ2) is 28.7. The lowest BCUT2D eigenvalue weighted by molar-refractivity contribution is -0.238. The second-order valence-corrected chi connectivity index (χ2v) is 17.1. The highest BCUT2D eigenvalue weighted by molar-refractivity contribution is 7.47. The largest absolute Gasteiger partial charge is 0.756 e. The van der Waals surface area contributed by atoms with E-state index < -0.39 is 151 Å². The number of aliphatic hydroxyl groups is 1. The normalized spacial score (nSPS) is 19.8. The molecule has 0 aromatic heterocycles. The molecule has 324 valence electrons. The minimum atomic E-state index is -5.20. The van der Waals surface area contributed by atoms with E-state index in [1.54, 1.807) is 0 Å². The first-order valence-electron chi connectivity index (χ1n) is 13.4. The molecule has 0 amide bonds. The van der Waals surface area contributed by atoms with Gasteiger partial charge < -0.3 is 89.1 Å². The molecule has 0 spiro atoms. The van der Waals surface area contributed by atoms with Crippen molar-refractivity contribution in [3.63, 3.8) is 0 Å². The van der Waals surface area contributed by atoms with E-state index in [1.165, 1.54) is 5.54 Å². The van der Waals surface area contributed by atoms with Crippen LogP contribution in [-0.4, -0.2) is 102 Å². The average molecular weight is 910 g/mol. The van der Waals surface area contributed by atoms with Crippen LogP contribution in [0.1, 0.15) is 14.9 Å². The first kappa shape index (κ1) is 57.7. The van der Waals surface area contributed by atoms with E-state index in [0.29, 0.717) is 0 Å². The van der Waals surface area contributed by atoms with Gasteiger partial charge in [-0.2, -0.15) is 11.1 Å². The molecule has 8 atom stereocenters. The van der Waals surface area contributed by atoms with Crippen molar-refractivity contribution in [2.45, 2.75) is 14.9 Å². The Morgan fingerprint density at radius 1 is 0.453 bits per heavy atom. The predicted molar refractivity (Wildman–Crippen MR) is 159 cm³/mol. The summed E-state index contributed by atoms with van der Waals surface area (Å²) >= 11 is 0. The topological polar surface area (TPSA) is 407 Å². The van der Waals surface area contributed by atoms with Gasteiger partial charge in [0.25, 0.3) is 46.9 Å². The van der Waals surface area contributed by atoms with Crippen LogP contribution in [0, 0.1) is 11.8 Å². The Labute approximate surface area is 302 Å². The standard InChI is InChI=1S/C16H40F2N2O25P6.2CH4/c17-19-9-15(11-21)12-44-50(31,32)41-7-5-39-48(27,28)37-3-1-35-47(25,26)36-2-4-38-49(29,30)40-6-8-42-51(33,34)45-14-16(10-20-18)13-43-46(22,23)24;;/h15-16,19-21H,1-14H2,(H,25,26)(H,27,28)(H,29,30)(H,31,32)(H,33,34)(H2,22,23,24);2*1H4/p-6. The van der Waals surface area contributed by atoms with Crippen LogP contribution in [-0.2, 0) is 77.2 Å². The van der Waals surface area contributed by atoms with Gasteiger partial charge in [-0.05, 0) is 0 Å². The molecule has 0 aliphatic rings. The van der Waals surface area contributed by atoms with Gasteiger partial charge in [0.1, 0.15) is 0 Å². The van der Waals surface area contributed by atoms with E-state index in [0.717, 1.165) is 5.54 Å². The highest BCUT2D eigenvalue weighted by Gasteiger charge is 2.20. The summed E-state index contributed by atoms with van der Waals surface area (Å²) in [5.74, 6) is -2.20. The zero-order valence-electron chi connectivity index (χ0n) is 25.8. The van der Waals surface area contributed by atoms with E-state index in [-0.39, 0.29) is 14.9 Å². The maximum atomic E-state index is 12.3. The van der Waals surface area contributed by atoms with Crippen LogP contribution in [0.15, 0.2) is 0 Å². The molecule has 0 bridgehead atoms. The first-order valence-corrected chi connectivity index (χ1v) is 22.2. The number of aliphatic hydroxyl groups excluding tert-OH is 1. The van der Waals surface area contributed by atoms with Gasteiger partial charge in [0.15, 0.2) is 0 Å². The van der Waals surface area contributed by atoms with E-state index in [4.69, 9.17) is 10.00 Å². The molecule has 0 heterocycles. The summed E-state index contributed by atoms with van der Waals surface area (Å²) in [6, 6.07) is 0. The molecule has 27 nitrogen and oxygen atoms in total. The van der Waals surface area contributed by atoms with Gasteiger partial charge in [0.05, 0.1) is 72.7 Å². The molecule has 0 rings (SSSR count). The molecular formula is C18H42F2N2O25P6-6. The molecule has 0 saturated heterocycles. The number of rotatable bonds is 34. The fourth-order valence-electron chi connectivity index (χ4n) is 2.53. The summed E-state index contributed by atoms with van der Waals surface area (Å²) in [6.07, 6.45) is 0. The van der Waals surface area contributed by atoms with Gasteiger partial charge in [-0.15, -0.1) is 8.96 Å². The van der Waals surface area contributed by atoms with Crippen molar-refractivity contribution in [1.29, 1.82) is 0 Å². The zero-order valence-corrected chi connectivity index (χ0v) is 31.1. The smallest absolute Gasteiger partial charge is 0.268 e. The number of hydrogen-bond acceptors (Lipinski definition) is 26. The van der Waals surface area contributed by atoms with Crippen LogP contribution in [0.3, 0.4) is 0 Å². The predicted octanol–water partition coefficient (Wildman–Crippen LogP) is -2.58. The van der Waals surface area contributed by atoms with Crippen molar-refractivity contribution in [2.24, 2.45) is 11.8 Å². The molecule has 53 heavy (non-hydrogen) atoms. The number of nitrogens with one attached hydrogen (secondary N) is 2. The quantitative estimate of drug-likeness (QED) is 0.0292. The Bertz CT molecular complexity index is 1270. The first-order chi connectivity index (χ1) is 23.5. The maximum absolute atomic E-state index is 12.3. The van der Waals surface area contributed by atoms with E-state index >= 15 is 0 Å². The highest BCUT2D eigenvalue weighted by atomic mass is 31.2. The Kier molecular flexibility index (Phi) is 31.3. The van der Waals surface area contributed by atoms with Crippen molar-refractivity contribution in [3.8, 4) is 0 Å². The van der Waals surface area contributed by atoms with E-state index in [2.05, 4.69) is 49.8 Å². The second-order valence-electron chi connectivity index (χ2n) is 8.85. The van der Waals surface area contributed by atoms with Gasteiger partial charge in [-0.25, -0.2) is 0 Å². The fourth-order valence-corrected chi connectivity index (χ4v) is 6.48. The van der Waals surface area contributed by atoms with Crippen molar-refractivity contribution in [1.82, 2.24) is 11.1 Å². The van der Waals surface area contributed by atoms with Gasteiger partial charge in [-0.3, -0.25) is 27.4 Å². The zero-order chi connectivity index (χ0) is 39.2. The lowest BCUT2D eigenvalue weighted by Gasteiger charge is -2.27. The average Bonchev–Trinajstić information content (AvgIpc) is 3.01. The molecular weight excluding hydrogens is 868 g/mol. The van der Waals surface area contributed by atoms with Crippen LogP contribution >= 0.6 is 46.9 Å². The summed E-state index contributed by atoms with van der Waals surface area (Å²) < 4.78 is 140. The summed E-state index contributed by atoms with van der Waals surface area (Å²) in [4.78, 5) is 77.4. The molecule has 0 aromatic rings. The minimum Gasteiger partial charge on any atom is -0.756 e. The van der Waals surface area contributed by atoms with Gasteiger partial charge >= 0.3 is 0 Å². The molecule has 8 unspecified atom stereocenters. The van der Waals surface area contributed by atoms with Crippen LogP contribution in [0.2, 0.25) is 0 Å². The van der Waals surface area contributed by atoms with Crippen LogP contribution < -0.4 is 40.4 Å². The third-order valence-corrected chi connectivity index (χ3v) is 10.1. The molecule has 0 aromatic carbocycles. The Morgan fingerprint density at radius 3 is 0.925 bits per heavy atom. The number of phosphoric acid groups is 6. The maximum Gasteiger partial charge on any atom is 0.268 e. The number of halogens is 2. The van der Waals surface area contributed by atoms with E-state index in [9.17, 15) is 65.7 Å². The lowest BCUT2D eigenvalue weighted by atomic mass is 10.2. The summed E-state index contributed by atoms with van der Waals surface area (Å²) in [5, 5.41) is 8.93. The van der Waals surface area contributed by atoms with Crippen molar-refractivity contribution in [2.75, 3.05) is 92.4 Å². The molecule has 0 fully saturated rings. The summed E-state index contributed by atoms with van der Waals surface area (Å²) in [5.41, 5.74) is 2.30. The van der Waals surface area contributed by atoms with Crippen LogP contribution in [0.25, 0.3) is 0 Å². The third kappa shape index (κ3) is 34.2. The van der Waals surface area contributed by atoms with Gasteiger partial charge in [0.2, 0.25) is 0 Å². The van der Waals surface area contributed by atoms with E-state index in [1.807, 2.05) is 0 Å². The van der Waals surface area contributed by atoms with Gasteiger partial charge in [0, 0.05) is 31.5 Å². The minimum absolute atomic E-state index is 0. The molecule has 0 aliphatic heterocycles. The van der Waals surface area contributed by atoms with Crippen molar-refractivity contribution in [3.05, 3.63) is 0 Å². The third-order valence-electron chi connectivity index (χ3n) is 4.73. The summed E-state index contributed by atoms with van der Waals surface area (Å²) in [6.45, 7) is -11.8. The Balaban J connectivity index is -0.0000125. The SMILES string of the molecule is C.C.O=P([O-])(O)OCC(CNF)COP(=O)([O-])OCCOP(=O)([O-])OCCOP(=O)([O-])OCCOP(=O)([O-])OCCOP(=O)([O-])OCC(CO)CNF. The van der Waals surface area contributed by atoms with Gasteiger partial charge in [-0.1, -0.05) is 14.9 Å². The lowest BCUT2D eigenvalue weighted by Crippen LogP contribution is -2.27. The van der Waals surface area contributed by atoms with Crippen LogP contribution in [0.5, 0.6) is 0 Å². The molecule has 0 saturated carbocycles.